The fourth-order valence-electron chi connectivity index (χ4n) is 4.98. The maximum atomic E-state index is 15.1. The number of halogens is 5. The van der Waals surface area contributed by atoms with Crippen molar-refractivity contribution in [1.29, 1.82) is 0 Å². The highest BCUT2D eigenvalue weighted by atomic mass is 19.2. The SMILES string of the molecule is CCCCCCCCC1(F)CCC(C(F)COC(=O)c2ccccc2-c2cc(F)c(F)c(F)c2)CC1. The van der Waals surface area contributed by atoms with Crippen LogP contribution in [-0.2, 0) is 4.74 Å². The van der Waals surface area contributed by atoms with Crippen molar-refractivity contribution in [2.75, 3.05) is 6.61 Å². The molecule has 7 heteroatoms. The summed E-state index contributed by atoms with van der Waals surface area (Å²) in [6.07, 6.45) is 7.07. The van der Waals surface area contributed by atoms with E-state index in [9.17, 15) is 22.4 Å². The molecule has 1 aliphatic carbocycles. The molecule has 2 aromatic rings. The fraction of sp³-hybridized carbons (Fsp3) is 0.552. The molecule has 1 fully saturated rings. The molecule has 0 amide bonds. The second kappa shape index (κ2) is 13.2. The lowest BCUT2D eigenvalue weighted by atomic mass is 9.76. The van der Waals surface area contributed by atoms with E-state index in [2.05, 4.69) is 6.92 Å². The predicted molar refractivity (Wildman–Crippen MR) is 131 cm³/mol. The number of hydrogen-bond donors (Lipinski definition) is 0. The highest BCUT2D eigenvalue weighted by Gasteiger charge is 2.37. The second-order valence-electron chi connectivity index (χ2n) is 9.92. The van der Waals surface area contributed by atoms with Crippen molar-refractivity contribution in [1.82, 2.24) is 0 Å². The van der Waals surface area contributed by atoms with Crippen molar-refractivity contribution in [3.8, 4) is 11.1 Å². The Morgan fingerprint density at radius 1 is 1.00 bits per heavy atom. The third kappa shape index (κ3) is 7.53. The van der Waals surface area contributed by atoms with Gasteiger partial charge in [-0.2, -0.15) is 0 Å². The number of benzene rings is 2. The Morgan fingerprint density at radius 2 is 1.61 bits per heavy atom. The first-order valence-electron chi connectivity index (χ1n) is 13.0. The van der Waals surface area contributed by atoms with Crippen LogP contribution in [0.4, 0.5) is 22.0 Å². The Hall–Kier alpha value is -2.44. The molecule has 0 bridgehead atoms. The van der Waals surface area contributed by atoms with Gasteiger partial charge >= 0.3 is 5.97 Å². The van der Waals surface area contributed by atoms with Gasteiger partial charge in [0.05, 0.1) is 5.56 Å². The quantitative estimate of drug-likeness (QED) is 0.123. The van der Waals surface area contributed by atoms with Gasteiger partial charge in [0.25, 0.3) is 0 Å². The minimum atomic E-state index is -1.60. The molecule has 0 radical (unpaired) electrons. The van der Waals surface area contributed by atoms with Crippen LogP contribution in [0.1, 0.15) is 87.9 Å². The summed E-state index contributed by atoms with van der Waals surface area (Å²) in [6, 6.07) is 7.51. The van der Waals surface area contributed by atoms with Crippen molar-refractivity contribution < 1.29 is 31.5 Å². The van der Waals surface area contributed by atoms with Crippen molar-refractivity contribution in [2.45, 2.75) is 89.4 Å². The van der Waals surface area contributed by atoms with E-state index >= 15 is 4.39 Å². The van der Waals surface area contributed by atoms with Crippen molar-refractivity contribution in [2.24, 2.45) is 5.92 Å². The third-order valence-electron chi connectivity index (χ3n) is 7.23. The van der Waals surface area contributed by atoms with Crippen LogP contribution in [0, 0.1) is 23.4 Å². The lowest BCUT2D eigenvalue weighted by Gasteiger charge is -2.35. The van der Waals surface area contributed by atoms with Gasteiger partial charge < -0.3 is 4.74 Å². The normalized spacial score (nSPS) is 20.8. The van der Waals surface area contributed by atoms with E-state index in [1.54, 1.807) is 6.07 Å². The summed E-state index contributed by atoms with van der Waals surface area (Å²) in [5, 5.41) is 0. The molecule has 198 valence electrons. The van der Waals surface area contributed by atoms with E-state index in [-0.39, 0.29) is 22.6 Å². The Kier molecular flexibility index (Phi) is 10.3. The number of esters is 1. The molecule has 0 spiro atoms. The molecule has 3 rings (SSSR count). The van der Waals surface area contributed by atoms with Crippen LogP contribution in [0.3, 0.4) is 0 Å². The molecular weight excluding hydrogens is 475 g/mol. The molecule has 0 N–H and O–H groups in total. The fourth-order valence-corrected chi connectivity index (χ4v) is 4.98. The first-order chi connectivity index (χ1) is 17.2. The van der Waals surface area contributed by atoms with Crippen LogP contribution in [0.15, 0.2) is 36.4 Å². The second-order valence-corrected chi connectivity index (χ2v) is 9.92. The highest BCUT2D eigenvalue weighted by molar-refractivity contribution is 5.97. The molecule has 2 nitrogen and oxygen atoms in total. The Balaban J connectivity index is 1.51. The molecule has 0 aliphatic heterocycles. The summed E-state index contributed by atoms with van der Waals surface area (Å²) >= 11 is 0. The topological polar surface area (TPSA) is 26.3 Å². The number of carbonyl (C=O) groups is 1. The minimum Gasteiger partial charge on any atom is -0.459 e. The predicted octanol–water partition coefficient (Wildman–Crippen LogP) is 8.91. The summed E-state index contributed by atoms with van der Waals surface area (Å²) in [6.45, 7) is 1.67. The summed E-state index contributed by atoms with van der Waals surface area (Å²) in [7, 11) is 0. The maximum Gasteiger partial charge on any atom is 0.338 e. The average Bonchev–Trinajstić information content (AvgIpc) is 2.87. The van der Waals surface area contributed by atoms with Gasteiger partial charge in [-0.25, -0.2) is 26.7 Å². The standard InChI is InChI=1S/C29H35F5O2/c1-2-3-4-5-6-9-14-29(34)15-12-20(13-16-29)26(32)19-36-28(35)23-11-8-7-10-22(23)21-17-24(30)27(33)25(31)18-21/h7-8,10-11,17-18,20,26H,2-6,9,12-16,19H2,1H3. The lowest BCUT2D eigenvalue weighted by molar-refractivity contribution is 0.0117. The first-order valence-corrected chi connectivity index (χ1v) is 13.0. The molecule has 0 heterocycles. The molecule has 2 aromatic carbocycles. The van der Waals surface area contributed by atoms with Crippen molar-refractivity contribution >= 4 is 5.97 Å². The zero-order chi connectivity index (χ0) is 26.1. The summed E-state index contributed by atoms with van der Waals surface area (Å²) < 4.78 is 75.9. The summed E-state index contributed by atoms with van der Waals surface area (Å²) in [5.41, 5.74) is -1.14. The van der Waals surface area contributed by atoms with E-state index in [1.807, 2.05) is 0 Å². The van der Waals surface area contributed by atoms with E-state index in [1.165, 1.54) is 37.5 Å². The van der Waals surface area contributed by atoms with Crippen LogP contribution in [0.5, 0.6) is 0 Å². The van der Waals surface area contributed by atoms with Crippen LogP contribution < -0.4 is 0 Å². The summed E-state index contributed by atoms with van der Waals surface area (Å²) in [5.74, 6) is -5.60. The number of rotatable bonds is 12. The number of hydrogen-bond acceptors (Lipinski definition) is 2. The summed E-state index contributed by atoms with van der Waals surface area (Å²) in [4.78, 5) is 12.7. The van der Waals surface area contributed by atoms with E-state index in [4.69, 9.17) is 4.74 Å². The molecule has 36 heavy (non-hydrogen) atoms. The van der Waals surface area contributed by atoms with Gasteiger partial charge in [0.15, 0.2) is 17.5 Å². The number of ether oxygens (including phenoxy) is 1. The van der Waals surface area contributed by atoms with E-state index in [0.29, 0.717) is 32.1 Å². The van der Waals surface area contributed by atoms with Crippen LogP contribution >= 0.6 is 0 Å². The zero-order valence-electron chi connectivity index (χ0n) is 20.8. The Labute approximate surface area is 210 Å². The largest absolute Gasteiger partial charge is 0.459 e. The highest BCUT2D eigenvalue weighted by Crippen LogP contribution is 2.40. The van der Waals surface area contributed by atoms with Gasteiger partial charge in [-0.15, -0.1) is 0 Å². The molecule has 0 saturated heterocycles. The maximum absolute atomic E-state index is 15.1. The zero-order valence-corrected chi connectivity index (χ0v) is 20.8. The number of unbranched alkanes of at least 4 members (excludes halogenated alkanes) is 5. The Morgan fingerprint density at radius 3 is 2.28 bits per heavy atom. The minimum absolute atomic E-state index is 0.0135. The molecule has 1 atom stereocenters. The average molecular weight is 511 g/mol. The van der Waals surface area contributed by atoms with Gasteiger partial charge in [0.1, 0.15) is 18.4 Å². The van der Waals surface area contributed by atoms with Gasteiger partial charge in [-0.05, 0) is 67.3 Å². The third-order valence-corrected chi connectivity index (χ3v) is 7.23. The van der Waals surface area contributed by atoms with Crippen LogP contribution in [-0.4, -0.2) is 24.4 Å². The van der Waals surface area contributed by atoms with Crippen molar-refractivity contribution in [3.05, 3.63) is 59.4 Å². The molecule has 1 saturated carbocycles. The van der Waals surface area contributed by atoms with Gasteiger partial charge in [-0.1, -0.05) is 63.6 Å². The molecule has 0 aromatic heterocycles. The Bertz CT molecular complexity index is 978. The molecule has 1 aliphatic rings. The monoisotopic (exact) mass is 510 g/mol. The van der Waals surface area contributed by atoms with Gasteiger partial charge in [0, 0.05) is 0 Å². The number of alkyl halides is 2. The number of carbonyl (C=O) groups excluding carboxylic acids is 1. The molecule has 1 unspecified atom stereocenters. The smallest absolute Gasteiger partial charge is 0.338 e. The van der Waals surface area contributed by atoms with E-state index < -0.39 is 41.9 Å². The van der Waals surface area contributed by atoms with Crippen molar-refractivity contribution in [3.63, 3.8) is 0 Å². The van der Waals surface area contributed by atoms with E-state index in [0.717, 1.165) is 31.4 Å². The van der Waals surface area contributed by atoms with Gasteiger partial charge in [0.2, 0.25) is 0 Å². The van der Waals surface area contributed by atoms with Crippen LogP contribution in [0.25, 0.3) is 11.1 Å². The van der Waals surface area contributed by atoms with Gasteiger partial charge in [-0.3, -0.25) is 0 Å². The van der Waals surface area contributed by atoms with Crippen LogP contribution in [0.2, 0.25) is 0 Å². The first kappa shape index (κ1) is 28.1. The lowest BCUT2D eigenvalue weighted by Crippen LogP contribution is -2.34. The molecular formula is C29H35F5O2.